The summed E-state index contributed by atoms with van der Waals surface area (Å²) in [5.74, 6) is 0.0653. The van der Waals surface area contributed by atoms with E-state index in [-0.39, 0.29) is 5.91 Å². The predicted octanol–water partition coefficient (Wildman–Crippen LogP) is 0.597. The van der Waals surface area contributed by atoms with Crippen molar-refractivity contribution in [2.75, 3.05) is 13.1 Å². The van der Waals surface area contributed by atoms with E-state index in [0.717, 1.165) is 12.8 Å². The van der Waals surface area contributed by atoms with E-state index in [9.17, 15) is 4.79 Å². The smallest absolute Gasteiger partial charge is 0.234 e. The Kier molecular flexibility index (Phi) is 4.26. The molecule has 1 aliphatic carbocycles. The van der Waals surface area contributed by atoms with E-state index in [0.29, 0.717) is 19.1 Å². The fourth-order valence-electron chi connectivity index (χ4n) is 1.30. The number of rotatable bonds is 5. The second-order valence-corrected chi connectivity index (χ2v) is 3.13. The minimum Gasteiger partial charge on any atom is -0.352 e. The summed E-state index contributed by atoms with van der Waals surface area (Å²) in [4.78, 5) is 11.2. The molecule has 72 valence electrons. The molecule has 0 aromatic heterocycles. The maximum atomic E-state index is 11.2. The van der Waals surface area contributed by atoms with Gasteiger partial charge in [-0.25, -0.2) is 0 Å². The molecular weight excluding hydrogens is 164 g/mol. The first-order valence-electron chi connectivity index (χ1n) is 4.59. The highest BCUT2D eigenvalue weighted by Gasteiger charge is 2.11. The van der Waals surface area contributed by atoms with E-state index in [1.165, 1.54) is 0 Å². The molecule has 1 rings (SSSR count). The summed E-state index contributed by atoms with van der Waals surface area (Å²) < 4.78 is 0. The average molecular weight is 180 g/mol. The maximum absolute atomic E-state index is 11.2. The van der Waals surface area contributed by atoms with Gasteiger partial charge in [0.05, 0.1) is 6.54 Å². The highest BCUT2D eigenvalue weighted by Crippen LogP contribution is 2.08. The van der Waals surface area contributed by atoms with E-state index >= 15 is 0 Å². The molecule has 0 saturated heterocycles. The fraction of sp³-hybridized carbons (Fsp3) is 0.500. The highest BCUT2D eigenvalue weighted by atomic mass is 16.1. The molecule has 1 aliphatic rings. The van der Waals surface area contributed by atoms with Gasteiger partial charge in [0.1, 0.15) is 0 Å². The van der Waals surface area contributed by atoms with Crippen LogP contribution < -0.4 is 10.6 Å². The summed E-state index contributed by atoms with van der Waals surface area (Å²) in [5.41, 5.74) is 0. The number of nitrogens with one attached hydrogen (secondary N) is 2. The van der Waals surface area contributed by atoms with Gasteiger partial charge in [-0.05, 0) is 12.8 Å². The Hall–Kier alpha value is -1.09. The molecule has 0 spiro atoms. The monoisotopic (exact) mass is 180 g/mol. The first-order chi connectivity index (χ1) is 6.33. The van der Waals surface area contributed by atoms with Gasteiger partial charge < -0.3 is 10.6 Å². The van der Waals surface area contributed by atoms with Gasteiger partial charge >= 0.3 is 0 Å². The maximum Gasteiger partial charge on any atom is 0.234 e. The van der Waals surface area contributed by atoms with E-state index in [1.54, 1.807) is 6.08 Å². The van der Waals surface area contributed by atoms with Gasteiger partial charge in [-0.15, -0.1) is 6.58 Å². The van der Waals surface area contributed by atoms with Crippen LogP contribution in [0, 0.1) is 0 Å². The zero-order valence-electron chi connectivity index (χ0n) is 7.75. The molecule has 13 heavy (non-hydrogen) atoms. The molecule has 0 bridgehead atoms. The van der Waals surface area contributed by atoms with Crippen molar-refractivity contribution in [1.82, 2.24) is 10.6 Å². The lowest BCUT2D eigenvalue weighted by Crippen LogP contribution is -2.39. The minimum atomic E-state index is 0.0653. The lowest BCUT2D eigenvalue weighted by molar-refractivity contribution is -0.120. The third-order valence-electron chi connectivity index (χ3n) is 1.95. The van der Waals surface area contributed by atoms with Crippen LogP contribution in [0.3, 0.4) is 0 Å². The Morgan fingerprint density at radius 2 is 2.23 bits per heavy atom. The van der Waals surface area contributed by atoms with Gasteiger partial charge in [-0.1, -0.05) is 18.2 Å². The number of hydrogen-bond acceptors (Lipinski definition) is 2. The third-order valence-corrected chi connectivity index (χ3v) is 1.95. The van der Waals surface area contributed by atoms with Crippen LogP contribution in [0.1, 0.15) is 12.8 Å². The Morgan fingerprint density at radius 3 is 2.85 bits per heavy atom. The van der Waals surface area contributed by atoms with E-state index in [4.69, 9.17) is 0 Å². The SMILES string of the molecule is C=CCNCC(=O)NC1CC=CC1. The molecule has 0 unspecified atom stereocenters. The van der Waals surface area contributed by atoms with Crippen molar-refractivity contribution >= 4 is 5.91 Å². The number of hydrogen-bond donors (Lipinski definition) is 2. The molecule has 0 aromatic rings. The van der Waals surface area contributed by atoms with Crippen LogP contribution in [0.4, 0.5) is 0 Å². The Morgan fingerprint density at radius 1 is 1.54 bits per heavy atom. The van der Waals surface area contributed by atoms with Crippen LogP contribution in [0.2, 0.25) is 0 Å². The first kappa shape index (κ1) is 9.99. The summed E-state index contributed by atoms with van der Waals surface area (Å²) in [6.07, 6.45) is 7.87. The summed E-state index contributed by atoms with van der Waals surface area (Å²) in [5, 5.41) is 5.90. The average Bonchev–Trinajstić information content (AvgIpc) is 2.57. The van der Waals surface area contributed by atoms with Gasteiger partial charge in [0.25, 0.3) is 0 Å². The van der Waals surface area contributed by atoms with Crippen molar-refractivity contribution in [3.63, 3.8) is 0 Å². The van der Waals surface area contributed by atoms with Crippen molar-refractivity contribution in [3.05, 3.63) is 24.8 Å². The summed E-state index contributed by atoms with van der Waals surface area (Å²) >= 11 is 0. The molecule has 0 saturated carbocycles. The molecule has 0 aromatic carbocycles. The normalized spacial score (nSPS) is 16.0. The largest absolute Gasteiger partial charge is 0.352 e. The minimum absolute atomic E-state index is 0.0653. The van der Waals surface area contributed by atoms with Crippen LogP contribution >= 0.6 is 0 Å². The summed E-state index contributed by atoms with van der Waals surface area (Å²) in [6.45, 7) is 4.61. The standard InChI is InChI=1S/C10H16N2O/c1-2-7-11-8-10(13)12-9-5-3-4-6-9/h2-4,9,11H,1,5-8H2,(H,12,13). The highest BCUT2D eigenvalue weighted by molar-refractivity contribution is 5.78. The van der Waals surface area contributed by atoms with Crippen molar-refractivity contribution in [3.8, 4) is 0 Å². The Labute approximate surface area is 78.9 Å². The molecule has 0 heterocycles. The van der Waals surface area contributed by atoms with Crippen LogP contribution in [-0.4, -0.2) is 25.0 Å². The van der Waals surface area contributed by atoms with Crippen molar-refractivity contribution < 1.29 is 4.79 Å². The van der Waals surface area contributed by atoms with Crippen molar-refractivity contribution in [2.45, 2.75) is 18.9 Å². The quantitative estimate of drug-likeness (QED) is 0.480. The number of carbonyl (C=O) groups is 1. The van der Waals surface area contributed by atoms with E-state index < -0.39 is 0 Å². The predicted molar refractivity (Wildman–Crippen MR) is 53.4 cm³/mol. The lowest BCUT2D eigenvalue weighted by atomic mass is 10.2. The summed E-state index contributed by atoms with van der Waals surface area (Å²) in [7, 11) is 0. The first-order valence-corrected chi connectivity index (χ1v) is 4.59. The van der Waals surface area contributed by atoms with Crippen LogP contribution in [0.5, 0.6) is 0 Å². The van der Waals surface area contributed by atoms with Crippen molar-refractivity contribution in [2.24, 2.45) is 0 Å². The van der Waals surface area contributed by atoms with Gasteiger partial charge in [-0.3, -0.25) is 4.79 Å². The van der Waals surface area contributed by atoms with Gasteiger partial charge in [0.2, 0.25) is 5.91 Å². The second kappa shape index (κ2) is 5.54. The van der Waals surface area contributed by atoms with Crippen molar-refractivity contribution in [1.29, 1.82) is 0 Å². The molecule has 0 fully saturated rings. The van der Waals surface area contributed by atoms with Crippen LogP contribution in [-0.2, 0) is 4.79 Å². The van der Waals surface area contributed by atoms with Gasteiger partial charge in [0.15, 0.2) is 0 Å². The van der Waals surface area contributed by atoms with E-state index in [2.05, 4.69) is 29.4 Å². The molecule has 2 N–H and O–H groups in total. The zero-order valence-corrected chi connectivity index (χ0v) is 7.75. The second-order valence-electron chi connectivity index (χ2n) is 3.13. The Balaban J connectivity index is 2.06. The lowest BCUT2D eigenvalue weighted by Gasteiger charge is -2.11. The summed E-state index contributed by atoms with van der Waals surface area (Å²) in [6, 6.07) is 0.318. The zero-order chi connectivity index (χ0) is 9.52. The fourth-order valence-corrected chi connectivity index (χ4v) is 1.30. The van der Waals surface area contributed by atoms with Crippen LogP contribution in [0.15, 0.2) is 24.8 Å². The Bertz CT molecular complexity index is 203. The molecule has 0 atom stereocenters. The molecule has 0 radical (unpaired) electrons. The van der Waals surface area contributed by atoms with Gasteiger partial charge in [-0.2, -0.15) is 0 Å². The number of carbonyl (C=O) groups excluding carboxylic acids is 1. The molecule has 3 heteroatoms. The topological polar surface area (TPSA) is 41.1 Å². The molecular formula is C10H16N2O. The van der Waals surface area contributed by atoms with Gasteiger partial charge in [0, 0.05) is 12.6 Å². The molecule has 1 amide bonds. The van der Waals surface area contributed by atoms with E-state index in [1.807, 2.05) is 0 Å². The third kappa shape index (κ3) is 3.90. The molecule has 3 nitrogen and oxygen atoms in total. The van der Waals surface area contributed by atoms with Crippen LogP contribution in [0.25, 0.3) is 0 Å². The number of amides is 1. The molecule has 0 aliphatic heterocycles.